The van der Waals surface area contributed by atoms with Crippen LogP contribution in [0, 0.1) is 23.0 Å². The number of fused-ring (bicyclic) bond motifs is 1. The fraction of sp³-hybridized carbons (Fsp3) is 0.179. The number of hydrogen-bond donors (Lipinski definition) is 0. The van der Waals surface area contributed by atoms with Gasteiger partial charge in [0.1, 0.15) is 23.5 Å². The number of benzene rings is 4. The molecule has 0 bridgehead atoms. The molecule has 0 amide bonds. The molecule has 0 fully saturated rings. The van der Waals surface area contributed by atoms with Gasteiger partial charge in [0.15, 0.2) is 0 Å². The van der Waals surface area contributed by atoms with Crippen LogP contribution in [0.5, 0.6) is 5.75 Å². The maximum atomic E-state index is 15.1. The largest absolute Gasteiger partial charge is 0.494 e. The molecule has 0 N–H and O–H groups in total. The highest BCUT2D eigenvalue weighted by molar-refractivity contribution is 5.88. The Morgan fingerprint density at radius 2 is 1.62 bits per heavy atom. The highest BCUT2D eigenvalue weighted by Crippen LogP contribution is 2.29. The molecule has 0 radical (unpaired) electrons. The zero-order valence-corrected chi connectivity index (χ0v) is 17.9. The monoisotopic (exact) mass is 427 g/mol. The van der Waals surface area contributed by atoms with Crippen LogP contribution in [0.2, 0.25) is 0 Å². The molecule has 32 heavy (non-hydrogen) atoms. The molecule has 0 heterocycles. The van der Waals surface area contributed by atoms with E-state index in [2.05, 4.69) is 6.92 Å². The minimum Gasteiger partial charge on any atom is -0.494 e. The summed E-state index contributed by atoms with van der Waals surface area (Å²) in [6.45, 7) is 2.76. The van der Waals surface area contributed by atoms with Gasteiger partial charge in [-0.1, -0.05) is 49.4 Å². The van der Waals surface area contributed by atoms with Crippen molar-refractivity contribution in [3.05, 3.63) is 101 Å². The summed E-state index contributed by atoms with van der Waals surface area (Å²) in [5, 5.41) is 10.2. The number of ether oxygens (including phenoxy) is 1. The van der Waals surface area contributed by atoms with Crippen LogP contribution in [0.3, 0.4) is 0 Å². The summed E-state index contributed by atoms with van der Waals surface area (Å²) in [6.07, 6.45) is 1.91. The highest BCUT2D eigenvalue weighted by atomic mass is 19.1. The van der Waals surface area contributed by atoms with E-state index in [9.17, 15) is 4.39 Å². The van der Waals surface area contributed by atoms with Gasteiger partial charge in [-0.15, -0.1) is 0 Å². The van der Waals surface area contributed by atoms with Crippen molar-refractivity contribution in [3.63, 3.8) is 0 Å². The summed E-state index contributed by atoms with van der Waals surface area (Å²) in [5.41, 5.74) is 3.41. The van der Waals surface area contributed by atoms with E-state index in [1.165, 1.54) is 12.1 Å². The highest BCUT2D eigenvalue weighted by Gasteiger charge is 2.10. The van der Waals surface area contributed by atoms with Gasteiger partial charge in [0.2, 0.25) is 0 Å². The molecule has 0 saturated heterocycles. The van der Waals surface area contributed by atoms with Gasteiger partial charge in [-0.3, -0.25) is 0 Å². The topological polar surface area (TPSA) is 33.0 Å². The van der Waals surface area contributed by atoms with E-state index in [0.29, 0.717) is 30.4 Å². The summed E-state index contributed by atoms with van der Waals surface area (Å²) >= 11 is 0. The fourth-order valence-corrected chi connectivity index (χ4v) is 3.76. The van der Waals surface area contributed by atoms with E-state index in [1.54, 1.807) is 12.1 Å². The Bertz CT molecular complexity index is 1290. The second kappa shape index (κ2) is 9.62. The van der Waals surface area contributed by atoms with Gasteiger partial charge in [-0.2, -0.15) is 5.26 Å². The Morgan fingerprint density at radius 1 is 0.844 bits per heavy atom. The predicted octanol–water partition coefficient (Wildman–Crippen LogP) is 7.23. The molecule has 0 aliphatic carbocycles. The number of rotatable bonds is 7. The predicted molar refractivity (Wildman–Crippen MR) is 124 cm³/mol. The molecule has 4 rings (SSSR count). The first-order valence-corrected chi connectivity index (χ1v) is 10.7. The number of aryl methyl sites for hydroxylation is 2. The lowest BCUT2D eigenvalue weighted by Gasteiger charge is -2.10. The van der Waals surface area contributed by atoms with Crippen LogP contribution in [0.15, 0.2) is 72.8 Å². The third kappa shape index (κ3) is 4.63. The van der Waals surface area contributed by atoms with E-state index in [4.69, 9.17) is 10.00 Å². The van der Waals surface area contributed by atoms with Crippen molar-refractivity contribution >= 4 is 10.8 Å². The van der Waals surface area contributed by atoms with Gasteiger partial charge in [-0.25, -0.2) is 8.78 Å². The van der Waals surface area contributed by atoms with Crippen molar-refractivity contribution in [1.82, 2.24) is 0 Å². The Labute approximate surface area is 186 Å². The second-order valence-electron chi connectivity index (χ2n) is 7.77. The lowest BCUT2D eigenvalue weighted by Crippen LogP contribution is -1.97. The molecule has 0 aliphatic heterocycles. The SMILES string of the molecule is CCCOc1ccc(-c2ccc3c(F)c(CCc4ccc(C#N)c(F)c4)ccc3c2)cc1. The fourth-order valence-electron chi connectivity index (χ4n) is 3.76. The van der Waals surface area contributed by atoms with Gasteiger partial charge in [0, 0.05) is 5.39 Å². The maximum Gasteiger partial charge on any atom is 0.141 e. The van der Waals surface area contributed by atoms with Crippen LogP contribution in [0.25, 0.3) is 21.9 Å². The van der Waals surface area contributed by atoms with E-state index < -0.39 is 5.82 Å². The number of halogens is 2. The number of hydrogen-bond acceptors (Lipinski definition) is 2. The molecule has 0 unspecified atom stereocenters. The molecule has 4 heteroatoms. The van der Waals surface area contributed by atoms with E-state index in [-0.39, 0.29) is 11.4 Å². The van der Waals surface area contributed by atoms with Gasteiger partial charge in [0.05, 0.1) is 12.2 Å². The molecule has 0 atom stereocenters. The normalized spacial score (nSPS) is 10.8. The van der Waals surface area contributed by atoms with E-state index in [1.807, 2.05) is 54.6 Å². The van der Waals surface area contributed by atoms with Crippen LogP contribution in [0.1, 0.15) is 30.0 Å². The summed E-state index contributed by atoms with van der Waals surface area (Å²) < 4.78 is 34.6. The summed E-state index contributed by atoms with van der Waals surface area (Å²) in [6, 6.07) is 23.7. The average Bonchev–Trinajstić information content (AvgIpc) is 2.82. The second-order valence-corrected chi connectivity index (χ2v) is 7.77. The van der Waals surface area contributed by atoms with Gasteiger partial charge < -0.3 is 4.74 Å². The maximum absolute atomic E-state index is 15.1. The van der Waals surface area contributed by atoms with Gasteiger partial charge in [0.25, 0.3) is 0 Å². The first-order valence-electron chi connectivity index (χ1n) is 10.7. The summed E-state index contributed by atoms with van der Waals surface area (Å²) in [4.78, 5) is 0. The minimum absolute atomic E-state index is 0.0181. The van der Waals surface area contributed by atoms with E-state index >= 15 is 4.39 Å². The van der Waals surface area contributed by atoms with Gasteiger partial charge in [-0.05, 0) is 77.2 Å². The van der Waals surface area contributed by atoms with Crippen molar-refractivity contribution in [2.75, 3.05) is 6.61 Å². The van der Waals surface area contributed by atoms with Crippen molar-refractivity contribution in [2.24, 2.45) is 0 Å². The number of nitrogens with zero attached hydrogens (tertiary/aromatic N) is 1. The molecule has 160 valence electrons. The first-order chi connectivity index (χ1) is 15.6. The third-order valence-corrected chi connectivity index (χ3v) is 5.53. The van der Waals surface area contributed by atoms with Crippen LogP contribution < -0.4 is 4.74 Å². The van der Waals surface area contributed by atoms with Crippen LogP contribution in [-0.4, -0.2) is 6.61 Å². The van der Waals surface area contributed by atoms with Crippen molar-refractivity contribution < 1.29 is 13.5 Å². The smallest absolute Gasteiger partial charge is 0.141 e. The van der Waals surface area contributed by atoms with Crippen LogP contribution in [-0.2, 0) is 12.8 Å². The van der Waals surface area contributed by atoms with Crippen molar-refractivity contribution in [3.8, 4) is 22.9 Å². The van der Waals surface area contributed by atoms with Crippen molar-refractivity contribution in [2.45, 2.75) is 26.2 Å². The van der Waals surface area contributed by atoms with Crippen LogP contribution in [0.4, 0.5) is 8.78 Å². The van der Waals surface area contributed by atoms with Crippen molar-refractivity contribution in [1.29, 1.82) is 5.26 Å². The first kappa shape index (κ1) is 21.5. The molecule has 4 aromatic rings. The lowest BCUT2D eigenvalue weighted by molar-refractivity contribution is 0.317. The lowest BCUT2D eigenvalue weighted by atomic mass is 9.97. The molecule has 0 spiro atoms. The zero-order chi connectivity index (χ0) is 22.5. The van der Waals surface area contributed by atoms with E-state index in [0.717, 1.165) is 34.2 Å². The summed E-state index contributed by atoms with van der Waals surface area (Å²) in [5.74, 6) is 0.0576. The van der Waals surface area contributed by atoms with Gasteiger partial charge >= 0.3 is 0 Å². The molecular weight excluding hydrogens is 404 g/mol. The Morgan fingerprint density at radius 3 is 2.34 bits per heavy atom. The molecular formula is C28H23F2NO. The minimum atomic E-state index is -0.540. The Hall–Kier alpha value is -3.71. The molecule has 2 nitrogen and oxygen atoms in total. The average molecular weight is 427 g/mol. The molecule has 0 aliphatic rings. The Kier molecular flexibility index (Phi) is 6.47. The van der Waals surface area contributed by atoms with Crippen LogP contribution >= 0.6 is 0 Å². The third-order valence-electron chi connectivity index (χ3n) is 5.53. The molecule has 0 aromatic heterocycles. The summed E-state index contributed by atoms with van der Waals surface area (Å²) in [7, 11) is 0. The molecule has 4 aromatic carbocycles. The zero-order valence-electron chi connectivity index (χ0n) is 17.9. The molecule has 0 saturated carbocycles. The quantitative estimate of drug-likeness (QED) is 0.312. The Balaban J connectivity index is 1.53. The number of nitriles is 1. The standard InChI is InChI=1S/C28H23F2NO/c1-2-15-32-25-12-9-20(10-13-25)22-11-14-26-23(17-22)8-7-21(28(26)30)5-3-19-4-6-24(18-31)27(29)16-19/h4,6-14,16-17H,2-3,5,15H2,1H3.